The molecule has 5 rings (SSSR count). The number of allylic oxidation sites excluding steroid dienone is 4. The number of rotatable bonds is 18. The molecule has 0 aliphatic carbocycles. The molecule has 6 nitrogen and oxygen atoms in total. The van der Waals surface area contributed by atoms with Gasteiger partial charge in [0.15, 0.2) is 0 Å². The van der Waals surface area contributed by atoms with E-state index in [0.717, 1.165) is 73.2 Å². The van der Waals surface area contributed by atoms with Crippen molar-refractivity contribution in [2.75, 3.05) is 30.3 Å². The van der Waals surface area contributed by atoms with Gasteiger partial charge in [0, 0.05) is 47.4 Å². The molecule has 46 heavy (non-hydrogen) atoms. The fourth-order valence-electron chi connectivity index (χ4n) is 6.19. The first kappa shape index (κ1) is 34.3. The molecule has 2 aliphatic rings. The van der Waals surface area contributed by atoms with Crippen molar-refractivity contribution in [1.82, 2.24) is 21.3 Å². The highest BCUT2D eigenvalue weighted by Gasteiger charge is 2.39. The van der Waals surface area contributed by atoms with Crippen LogP contribution in [0.3, 0.4) is 0 Å². The summed E-state index contributed by atoms with van der Waals surface area (Å²) in [4.78, 5) is 25.1. The molecule has 2 unspecified atom stereocenters. The first-order valence-corrected chi connectivity index (χ1v) is 19.8. The smallest absolute Gasteiger partial charge is 0.315 e. The first-order valence-electron chi connectivity index (χ1n) is 16.4. The van der Waals surface area contributed by atoms with Crippen LogP contribution in [-0.4, -0.2) is 54.4 Å². The summed E-state index contributed by atoms with van der Waals surface area (Å²) in [5.41, 5.74) is 3.69. The zero-order chi connectivity index (χ0) is 32.3. The van der Waals surface area contributed by atoms with Crippen LogP contribution in [-0.2, 0) is 4.79 Å². The van der Waals surface area contributed by atoms with Crippen LogP contribution in [0.2, 0.25) is 0 Å². The maximum absolute atomic E-state index is 12.3. The fourth-order valence-corrected chi connectivity index (χ4v) is 9.37. The Balaban J connectivity index is 0.885. The van der Waals surface area contributed by atoms with Crippen LogP contribution in [0.1, 0.15) is 57.4 Å². The highest BCUT2D eigenvalue weighted by molar-refractivity contribution is 8.76. The van der Waals surface area contributed by atoms with Gasteiger partial charge in [0.25, 0.3) is 0 Å². The van der Waals surface area contributed by atoms with Crippen LogP contribution in [0.4, 0.5) is 4.79 Å². The van der Waals surface area contributed by atoms with Crippen LogP contribution in [0.5, 0.6) is 0 Å². The number of hydrogen-bond donors (Lipinski definition) is 4. The summed E-state index contributed by atoms with van der Waals surface area (Å²) in [6.07, 6.45) is 11.0. The largest absolute Gasteiger partial charge is 0.388 e. The van der Waals surface area contributed by atoms with E-state index in [9.17, 15) is 9.59 Å². The molecule has 2 atom stereocenters. The molecule has 3 aromatic rings. The number of unbranched alkanes of at least 4 members (excludes halogenated alkanes) is 2. The second kappa shape index (κ2) is 17.2. The fraction of sp³-hybridized carbons (Fsp3) is 0.405. The number of nitrogens with one attached hydrogen (secondary N) is 4. The molecular formula is C37H46N4O2S3. The van der Waals surface area contributed by atoms with Crippen LogP contribution < -0.4 is 26.5 Å². The Morgan fingerprint density at radius 3 is 2.59 bits per heavy atom. The Morgan fingerprint density at radius 1 is 0.957 bits per heavy atom. The minimum atomic E-state index is -0.0513. The Bertz CT molecular complexity index is 1640. The molecule has 244 valence electrons. The maximum atomic E-state index is 12.3. The van der Waals surface area contributed by atoms with E-state index in [4.69, 9.17) is 0 Å². The van der Waals surface area contributed by atoms with E-state index in [1.54, 1.807) is 21.6 Å². The first-order chi connectivity index (χ1) is 22.4. The standard InChI is InChI=1S/C37H46N4O2S3/c1-4-27(30-18-17-29-13-9-12-28-16-15-25(2)34(30)35(28)29)11-7-8-20-39-33(42)19-22-45-46-23-21-38-26(3)10-5-6-14-32-36-31(24-44-32)40-37(43)41-36/h4,9,12-18,31,36,38H,2-3,5-8,10-11,19-24H2,1H3,(H,39,42)(H2,40,41,43)/b27-4-,32-14+. The minimum Gasteiger partial charge on any atom is -0.388 e. The lowest BCUT2D eigenvalue weighted by molar-refractivity contribution is -0.120. The number of carbonyl (C=O) groups is 2. The van der Waals surface area contributed by atoms with Crippen LogP contribution in [0.25, 0.3) is 33.7 Å². The highest BCUT2D eigenvalue weighted by Crippen LogP contribution is 2.34. The second-order valence-electron chi connectivity index (χ2n) is 11.8. The number of fused-ring (bicyclic) bond motifs is 1. The van der Waals surface area contributed by atoms with Gasteiger partial charge in [0.1, 0.15) is 0 Å². The quantitative estimate of drug-likeness (QED) is 0.0635. The molecule has 9 heteroatoms. The molecule has 0 spiro atoms. The van der Waals surface area contributed by atoms with Crippen molar-refractivity contribution >= 4 is 79.0 Å². The van der Waals surface area contributed by atoms with Crippen molar-refractivity contribution in [1.29, 1.82) is 0 Å². The van der Waals surface area contributed by atoms with Crippen molar-refractivity contribution in [3.63, 3.8) is 0 Å². The van der Waals surface area contributed by atoms with Gasteiger partial charge in [-0.2, -0.15) is 0 Å². The van der Waals surface area contributed by atoms with E-state index < -0.39 is 0 Å². The predicted octanol–water partition coefficient (Wildman–Crippen LogP) is 7.54. The Morgan fingerprint density at radius 2 is 1.76 bits per heavy atom. The molecule has 3 amide bonds. The summed E-state index contributed by atoms with van der Waals surface area (Å²) in [7, 11) is 3.56. The summed E-state index contributed by atoms with van der Waals surface area (Å²) in [6.45, 7) is 12.2. The summed E-state index contributed by atoms with van der Waals surface area (Å²) >= 11 is 1.84. The van der Waals surface area contributed by atoms with E-state index in [1.807, 2.05) is 11.8 Å². The van der Waals surface area contributed by atoms with E-state index in [2.05, 4.69) is 96.0 Å². The van der Waals surface area contributed by atoms with Crippen molar-refractivity contribution in [3.05, 3.63) is 82.6 Å². The normalized spacial score (nSPS) is 18.6. The number of thioether (sulfide) groups is 1. The molecule has 4 N–H and O–H groups in total. The van der Waals surface area contributed by atoms with Crippen molar-refractivity contribution in [2.45, 2.75) is 64.0 Å². The van der Waals surface area contributed by atoms with Gasteiger partial charge in [0.05, 0.1) is 12.1 Å². The molecule has 0 saturated carbocycles. The monoisotopic (exact) mass is 674 g/mol. The lowest BCUT2D eigenvalue weighted by Gasteiger charge is -2.14. The predicted molar refractivity (Wildman–Crippen MR) is 203 cm³/mol. The Kier molecular flexibility index (Phi) is 12.9. The van der Waals surface area contributed by atoms with E-state index in [1.165, 1.54) is 37.6 Å². The van der Waals surface area contributed by atoms with Crippen molar-refractivity contribution in [3.8, 4) is 0 Å². The van der Waals surface area contributed by atoms with Gasteiger partial charge in [-0.1, -0.05) is 89.4 Å². The molecule has 2 fully saturated rings. The number of benzene rings is 3. The minimum absolute atomic E-state index is 0.0513. The summed E-state index contributed by atoms with van der Waals surface area (Å²) in [6, 6.07) is 15.6. The van der Waals surface area contributed by atoms with E-state index >= 15 is 0 Å². The molecular weight excluding hydrogens is 629 g/mol. The van der Waals surface area contributed by atoms with Crippen LogP contribution in [0, 0.1) is 0 Å². The molecule has 2 heterocycles. The third kappa shape index (κ3) is 9.07. The topological polar surface area (TPSA) is 82.3 Å². The van der Waals surface area contributed by atoms with Gasteiger partial charge in [0.2, 0.25) is 5.91 Å². The molecule has 0 bridgehead atoms. The Labute approximate surface area is 285 Å². The molecule has 0 aromatic heterocycles. The molecule has 2 saturated heterocycles. The summed E-state index contributed by atoms with van der Waals surface area (Å²) in [5.74, 6) is 2.87. The van der Waals surface area contributed by atoms with Gasteiger partial charge in [-0.05, 0) is 83.3 Å². The van der Waals surface area contributed by atoms with Crippen molar-refractivity contribution in [2.24, 2.45) is 0 Å². The number of carbonyl (C=O) groups excluding carboxylic acids is 2. The van der Waals surface area contributed by atoms with E-state index in [-0.39, 0.29) is 24.0 Å². The van der Waals surface area contributed by atoms with Gasteiger partial charge in [-0.3, -0.25) is 4.79 Å². The number of urea groups is 1. The van der Waals surface area contributed by atoms with Gasteiger partial charge < -0.3 is 21.3 Å². The number of amides is 3. The molecule has 2 aliphatic heterocycles. The third-order valence-corrected chi connectivity index (χ3v) is 12.3. The zero-order valence-electron chi connectivity index (χ0n) is 26.8. The van der Waals surface area contributed by atoms with Gasteiger partial charge >= 0.3 is 6.03 Å². The molecule has 0 radical (unpaired) electrons. The molecule has 3 aromatic carbocycles. The average Bonchev–Trinajstić information content (AvgIpc) is 3.61. The van der Waals surface area contributed by atoms with Crippen LogP contribution >= 0.6 is 33.3 Å². The van der Waals surface area contributed by atoms with E-state index in [0.29, 0.717) is 13.0 Å². The zero-order valence-corrected chi connectivity index (χ0v) is 29.2. The number of hydrogen-bond acceptors (Lipinski definition) is 6. The van der Waals surface area contributed by atoms with Crippen molar-refractivity contribution < 1.29 is 9.59 Å². The lowest BCUT2D eigenvalue weighted by Crippen LogP contribution is -2.30. The second-order valence-corrected chi connectivity index (χ2v) is 15.6. The lowest BCUT2D eigenvalue weighted by atomic mass is 9.90. The Hall–Kier alpha value is -3.01. The highest BCUT2D eigenvalue weighted by atomic mass is 33.1. The van der Waals surface area contributed by atoms with Crippen LogP contribution in [0.15, 0.2) is 71.8 Å². The van der Waals surface area contributed by atoms with Gasteiger partial charge in [-0.25, -0.2) is 4.79 Å². The average molecular weight is 675 g/mol. The SMILES string of the molecule is C=C(CCC/C=C1/SCC2NC(=O)NC12)NCCSSCCC(=O)NCCCC/C(=C/C)c1ccc2cccc3ccc(=C)c1c23. The van der Waals surface area contributed by atoms with Gasteiger partial charge in [-0.15, -0.1) is 11.8 Å². The third-order valence-electron chi connectivity index (χ3n) is 8.58. The maximum Gasteiger partial charge on any atom is 0.315 e. The summed E-state index contributed by atoms with van der Waals surface area (Å²) in [5, 5.41) is 18.6. The summed E-state index contributed by atoms with van der Waals surface area (Å²) < 4.78 is 0.